The normalized spacial score (nSPS) is 23.2. The van der Waals surface area contributed by atoms with Gasteiger partial charge in [-0.3, -0.25) is 4.79 Å². The molecule has 1 aliphatic rings. The molecular weight excluding hydrogens is 270 g/mol. The van der Waals surface area contributed by atoms with Crippen LogP contribution in [0.25, 0.3) is 0 Å². The van der Waals surface area contributed by atoms with Crippen LogP contribution in [-0.2, 0) is 4.79 Å². The van der Waals surface area contributed by atoms with Crippen molar-refractivity contribution in [3.8, 4) is 0 Å². The maximum Gasteiger partial charge on any atom is 0.145 e. The zero-order valence-electron chi connectivity index (χ0n) is 14.6. The van der Waals surface area contributed by atoms with E-state index in [1.54, 1.807) is 0 Å². The Morgan fingerprint density at radius 2 is 2.00 bits per heavy atom. The second kappa shape index (κ2) is 7.92. The summed E-state index contributed by atoms with van der Waals surface area (Å²) >= 11 is 0. The summed E-state index contributed by atoms with van der Waals surface area (Å²) < 4.78 is 0. The van der Waals surface area contributed by atoms with Crippen LogP contribution in [-0.4, -0.2) is 30.3 Å². The summed E-state index contributed by atoms with van der Waals surface area (Å²) in [6, 6.07) is 8.69. The molecule has 2 heteroatoms. The minimum absolute atomic E-state index is 0.0641. The van der Waals surface area contributed by atoms with E-state index in [0.29, 0.717) is 11.7 Å². The fourth-order valence-corrected chi connectivity index (χ4v) is 3.46. The number of hydrogen-bond acceptors (Lipinski definition) is 2. The Hall–Kier alpha value is -1.15. The monoisotopic (exact) mass is 301 g/mol. The molecule has 1 heterocycles. The zero-order valence-corrected chi connectivity index (χ0v) is 14.6. The van der Waals surface area contributed by atoms with Crippen molar-refractivity contribution in [2.45, 2.75) is 58.8 Å². The highest BCUT2D eigenvalue weighted by Crippen LogP contribution is 2.31. The van der Waals surface area contributed by atoms with Crippen LogP contribution in [0.3, 0.4) is 0 Å². The molecule has 122 valence electrons. The van der Waals surface area contributed by atoms with Gasteiger partial charge < -0.3 is 4.90 Å². The SMILES string of the molecule is CCCCC1CN(CC)CC(c2cccc(C(C)C)c2)C1=O. The largest absolute Gasteiger partial charge is 0.302 e. The molecule has 1 aliphatic heterocycles. The number of hydrogen-bond donors (Lipinski definition) is 0. The number of likely N-dealkylation sites (tertiary alicyclic amines) is 1. The highest BCUT2D eigenvalue weighted by molar-refractivity contribution is 5.89. The summed E-state index contributed by atoms with van der Waals surface area (Å²) in [5.41, 5.74) is 2.56. The molecule has 0 saturated carbocycles. The van der Waals surface area contributed by atoms with E-state index < -0.39 is 0 Å². The molecule has 1 saturated heterocycles. The van der Waals surface area contributed by atoms with E-state index >= 15 is 0 Å². The van der Waals surface area contributed by atoms with Crippen LogP contribution in [0.4, 0.5) is 0 Å². The van der Waals surface area contributed by atoms with Crippen molar-refractivity contribution >= 4 is 5.78 Å². The first kappa shape index (κ1) is 17.2. The maximum absolute atomic E-state index is 12.9. The first-order chi connectivity index (χ1) is 10.6. The lowest BCUT2D eigenvalue weighted by molar-refractivity contribution is -0.128. The van der Waals surface area contributed by atoms with E-state index in [1.165, 1.54) is 17.5 Å². The molecule has 2 rings (SSSR count). The molecule has 1 aromatic rings. The van der Waals surface area contributed by atoms with Gasteiger partial charge in [0.15, 0.2) is 0 Å². The Bertz CT molecular complexity index is 494. The average molecular weight is 301 g/mol. The number of benzene rings is 1. The van der Waals surface area contributed by atoms with E-state index in [0.717, 1.165) is 32.5 Å². The lowest BCUT2D eigenvalue weighted by atomic mass is 9.80. The van der Waals surface area contributed by atoms with Gasteiger partial charge in [0.05, 0.1) is 5.92 Å². The number of Topliss-reactive ketones (excluding diaryl/α,β-unsaturated/α-hetero) is 1. The van der Waals surface area contributed by atoms with Gasteiger partial charge in [0.25, 0.3) is 0 Å². The molecule has 1 fully saturated rings. The van der Waals surface area contributed by atoms with Crippen LogP contribution < -0.4 is 0 Å². The van der Waals surface area contributed by atoms with Crippen LogP contribution >= 0.6 is 0 Å². The average Bonchev–Trinajstić information content (AvgIpc) is 2.54. The van der Waals surface area contributed by atoms with Crippen LogP contribution in [0.5, 0.6) is 0 Å². The Balaban J connectivity index is 2.23. The molecule has 0 radical (unpaired) electrons. The first-order valence-corrected chi connectivity index (χ1v) is 8.92. The number of rotatable bonds is 6. The molecule has 2 atom stereocenters. The fraction of sp³-hybridized carbons (Fsp3) is 0.650. The van der Waals surface area contributed by atoms with Crippen molar-refractivity contribution in [1.82, 2.24) is 4.90 Å². The second-order valence-electron chi connectivity index (χ2n) is 6.97. The molecule has 0 aliphatic carbocycles. The predicted molar refractivity (Wildman–Crippen MR) is 93.4 cm³/mol. The minimum atomic E-state index is 0.0641. The molecule has 2 nitrogen and oxygen atoms in total. The molecule has 0 bridgehead atoms. The summed E-state index contributed by atoms with van der Waals surface area (Å²) in [6.07, 6.45) is 3.38. The number of likely N-dealkylation sites (N-methyl/N-ethyl adjacent to an activating group) is 1. The summed E-state index contributed by atoms with van der Waals surface area (Å²) in [5, 5.41) is 0. The van der Waals surface area contributed by atoms with Crippen molar-refractivity contribution in [2.75, 3.05) is 19.6 Å². The highest BCUT2D eigenvalue weighted by atomic mass is 16.1. The van der Waals surface area contributed by atoms with Gasteiger partial charge in [-0.15, -0.1) is 0 Å². The van der Waals surface area contributed by atoms with Gasteiger partial charge in [-0.1, -0.05) is 64.8 Å². The number of carbonyl (C=O) groups is 1. The summed E-state index contributed by atoms with van der Waals surface area (Å²) in [7, 11) is 0. The zero-order chi connectivity index (χ0) is 16.1. The van der Waals surface area contributed by atoms with E-state index in [-0.39, 0.29) is 11.8 Å². The van der Waals surface area contributed by atoms with E-state index in [1.807, 2.05) is 0 Å². The fourth-order valence-electron chi connectivity index (χ4n) is 3.46. The van der Waals surface area contributed by atoms with Crippen LogP contribution in [0.2, 0.25) is 0 Å². The van der Waals surface area contributed by atoms with Crippen molar-refractivity contribution in [3.05, 3.63) is 35.4 Å². The Kier molecular flexibility index (Phi) is 6.19. The Labute approximate surface area is 135 Å². The smallest absolute Gasteiger partial charge is 0.145 e. The van der Waals surface area contributed by atoms with E-state index in [4.69, 9.17) is 0 Å². The summed E-state index contributed by atoms with van der Waals surface area (Å²) in [4.78, 5) is 15.4. The van der Waals surface area contributed by atoms with E-state index in [9.17, 15) is 4.79 Å². The topological polar surface area (TPSA) is 20.3 Å². The third kappa shape index (κ3) is 3.98. The number of carbonyl (C=O) groups excluding carboxylic acids is 1. The van der Waals surface area contributed by atoms with Gasteiger partial charge in [-0.2, -0.15) is 0 Å². The standard InChI is InChI=1S/C20H31NO/c1-5-7-9-18-13-21(6-2)14-19(20(18)22)17-11-8-10-16(12-17)15(3)4/h8,10-12,15,18-19H,5-7,9,13-14H2,1-4H3. The highest BCUT2D eigenvalue weighted by Gasteiger charge is 2.35. The lowest BCUT2D eigenvalue weighted by Gasteiger charge is -2.36. The predicted octanol–water partition coefficient (Wildman–Crippen LogP) is 4.60. The molecule has 0 spiro atoms. The lowest BCUT2D eigenvalue weighted by Crippen LogP contribution is -2.45. The van der Waals surface area contributed by atoms with Gasteiger partial charge in [-0.25, -0.2) is 0 Å². The minimum Gasteiger partial charge on any atom is -0.302 e. The molecular formula is C20H31NO. The molecule has 0 aromatic heterocycles. The third-order valence-electron chi connectivity index (χ3n) is 5.00. The Morgan fingerprint density at radius 1 is 1.23 bits per heavy atom. The number of nitrogens with zero attached hydrogens (tertiary/aromatic N) is 1. The number of unbranched alkanes of at least 4 members (excludes halogenated alkanes) is 1. The molecule has 0 amide bonds. The van der Waals surface area contributed by atoms with E-state index in [2.05, 4.69) is 56.9 Å². The van der Waals surface area contributed by atoms with Crippen molar-refractivity contribution in [2.24, 2.45) is 5.92 Å². The van der Waals surface area contributed by atoms with Gasteiger partial charge in [-0.05, 0) is 30.0 Å². The van der Waals surface area contributed by atoms with Gasteiger partial charge in [0, 0.05) is 19.0 Å². The molecule has 1 aromatic carbocycles. The molecule has 0 N–H and O–H groups in total. The number of ketones is 1. The van der Waals surface area contributed by atoms with Crippen LogP contribution in [0.15, 0.2) is 24.3 Å². The first-order valence-electron chi connectivity index (χ1n) is 8.92. The van der Waals surface area contributed by atoms with Crippen molar-refractivity contribution in [1.29, 1.82) is 0 Å². The van der Waals surface area contributed by atoms with Crippen LogP contribution in [0, 0.1) is 5.92 Å². The molecule has 2 unspecified atom stereocenters. The molecule has 22 heavy (non-hydrogen) atoms. The Morgan fingerprint density at radius 3 is 2.64 bits per heavy atom. The maximum atomic E-state index is 12.9. The number of piperidine rings is 1. The second-order valence-corrected chi connectivity index (χ2v) is 6.97. The van der Waals surface area contributed by atoms with Gasteiger partial charge in [0.1, 0.15) is 5.78 Å². The van der Waals surface area contributed by atoms with Crippen molar-refractivity contribution < 1.29 is 4.79 Å². The van der Waals surface area contributed by atoms with Crippen LogP contribution in [0.1, 0.15) is 69.9 Å². The quantitative estimate of drug-likeness (QED) is 0.765. The van der Waals surface area contributed by atoms with Gasteiger partial charge in [0.2, 0.25) is 0 Å². The van der Waals surface area contributed by atoms with Gasteiger partial charge >= 0.3 is 0 Å². The summed E-state index contributed by atoms with van der Waals surface area (Å²) in [6.45, 7) is 11.7. The summed E-state index contributed by atoms with van der Waals surface area (Å²) in [5.74, 6) is 1.27. The third-order valence-corrected chi connectivity index (χ3v) is 5.00. The van der Waals surface area contributed by atoms with Crippen molar-refractivity contribution in [3.63, 3.8) is 0 Å².